The van der Waals surface area contributed by atoms with Crippen molar-refractivity contribution in [2.24, 2.45) is 0 Å². The average Bonchev–Trinajstić information content (AvgIpc) is 3.15. The lowest BCUT2D eigenvalue weighted by atomic mass is 10.2. The molecule has 0 aliphatic heterocycles. The lowest BCUT2D eigenvalue weighted by molar-refractivity contribution is 0.589. The lowest BCUT2D eigenvalue weighted by Crippen LogP contribution is -2.31. The Morgan fingerprint density at radius 3 is 2.07 bits per heavy atom. The number of benzene rings is 3. The van der Waals surface area contributed by atoms with E-state index in [0.29, 0.717) is 5.82 Å². The molecule has 1 aromatic heterocycles. The minimum absolute atomic E-state index is 0.198. The van der Waals surface area contributed by atoms with Crippen molar-refractivity contribution in [3.05, 3.63) is 108 Å². The van der Waals surface area contributed by atoms with Crippen molar-refractivity contribution in [3.63, 3.8) is 0 Å². The molecule has 0 amide bonds. The van der Waals surface area contributed by atoms with E-state index in [1.807, 2.05) is 92.8 Å². The average molecular weight is 418 g/mol. The number of hydrogen-bond acceptors (Lipinski definition) is 3. The minimum atomic E-state index is -3.80. The summed E-state index contributed by atoms with van der Waals surface area (Å²) >= 11 is 0. The Hall–Kier alpha value is -3.38. The third kappa shape index (κ3) is 4.00. The molecule has 0 aliphatic carbocycles. The summed E-state index contributed by atoms with van der Waals surface area (Å²) in [5.41, 5.74) is 3.56. The summed E-state index contributed by atoms with van der Waals surface area (Å²) in [6.45, 7) is 4.01. The van der Waals surface area contributed by atoms with Crippen LogP contribution in [0.15, 0.2) is 96.0 Å². The van der Waals surface area contributed by atoms with Crippen LogP contribution in [0.25, 0.3) is 5.69 Å². The highest BCUT2D eigenvalue weighted by Gasteiger charge is 2.28. The van der Waals surface area contributed by atoms with Crippen molar-refractivity contribution < 1.29 is 8.42 Å². The summed E-state index contributed by atoms with van der Waals surface area (Å²) < 4.78 is 30.4. The zero-order chi connectivity index (χ0) is 21.1. The first-order valence-corrected chi connectivity index (χ1v) is 11.1. The zero-order valence-corrected chi connectivity index (χ0v) is 17.8. The van der Waals surface area contributed by atoms with Crippen molar-refractivity contribution in [1.29, 1.82) is 0 Å². The molecule has 0 saturated carbocycles. The molecule has 4 aromatic rings. The normalized spacial score (nSPS) is 11.4. The second-order valence-electron chi connectivity index (χ2n) is 7.23. The van der Waals surface area contributed by atoms with Gasteiger partial charge in [-0.3, -0.25) is 0 Å². The monoisotopic (exact) mass is 417 g/mol. The quantitative estimate of drug-likeness (QED) is 0.449. The maximum Gasteiger partial charge on any atom is 0.265 e. The van der Waals surface area contributed by atoms with Crippen molar-refractivity contribution in [3.8, 4) is 5.69 Å². The van der Waals surface area contributed by atoms with E-state index in [0.717, 1.165) is 22.4 Å². The van der Waals surface area contributed by atoms with E-state index in [9.17, 15) is 8.42 Å². The first kappa shape index (κ1) is 19.9. The Morgan fingerprint density at radius 2 is 1.43 bits per heavy atom. The van der Waals surface area contributed by atoms with Gasteiger partial charge in [0, 0.05) is 11.8 Å². The fourth-order valence-electron chi connectivity index (χ4n) is 3.27. The number of aromatic nitrogens is 2. The zero-order valence-electron chi connectivity index (χ0n) is 16.9. The van der Waals surface area contributed by atoms with E-state index in [1.165, 1.54) is 4.31 Å². The van der Waals surface area contributed by atoms with Crippen LogP contribution in [0, 0.1) is 13.8 Å². The van der Waals surface area contributed by atoms with Gasteiger partial charge >= 0.3 is 0 Å². The van der Waals surface area contributed by atoms with Gasteiger partial charge in [-0.1, -0.05) is 66.2 Å². The van der Waals surface area contributed by atoms with Crippen LogP contribution in [-0.4, -0.2) is 18.2 Å². The van der Waals surface area contributed by atoms with Crippen LogP contribution in [-0.2, 0) is 16.6 Å². The molecule has 0 fully saturated rings. The topological polar surface area (TPSA) is 55.2 Å². The fourth-order valence-corrected chi connectivity index (χ4v) is 4.73. The first-order valence-electron chi connectivity index (χ1n) is 9.70. The van der Waals surface area contributed by atoms with Gasteiger partial charge in [0.15, 0.2) is 5.82 Å². The molecule has 1 heterocycles. The van der Waals surface area contributed by atoms with Gasteiger partial charge < -0.3 is 0 Å². The predicted molar refractivity (Wildman–Crippen MR) is 119 cm³/mol. The van der Waals surface area contributed by atoms with Crippen molar-refractivity contribution >= 4 is 15.8 Å². The number of sulfonamides is 1. The fraction of sp³-hybridized carbons (Fsp3) is 0.125. The molecular formula is C24H23N3O2S. The van der Waals surface area contributed by atoms with Crippen molar-refractivity contribution in [2.75, 3.05) is 4.31 Å². The maximum absolute atomic E-state index is 13.6. The number of hydrogen-bond donors (Lipinski definition) is 0. The Morgan fingerprint density at radius 1 is 0.833 bits per heavy atom. The Bertz CT molecular complexity index is 1230. The van der Waals surface area contributed by atoms with Gasteiger partial charge in [-0.25, -0.2) is 17.4 Å². The number of aryl methyl sites for hydroxylation is 2. The van der Waals surface area contributed by atoms with E-state index in [1.54, 1.807) is 16.8 Å². The van der Waals surface area contributed by atoms with Crippen LogP contribution in [0.4, 0.5) is 5.82 Å². The molecule has 0 spiro atoms. The number of nitrogens with zero attached hydrogens (tertiary/aromatic N) is 3. The number of para-hydroxylation sites is 1. The van der Waals surface area contributed by atoms with Gasteiger partial charge in [0.05, 0.1) is 17.1 Å². The molecule has 0 unspecified atom stereocenters. The number of rotatable bonds is 6. The smallest absolute Gasteiger partial charge is 0.244 e. The second kappa shape index (κ2) is 8.16. The SMILES string of the molecule is Cc1ccc(S(=O)(=O)N(Cc2ccccc2)c2nn(-c3ccccc3)cc2C)cc1. The summed E-state index contributed by atoms with van der Waals surface area (Å²) in [7, 11) is -3.80. The van der Waals surface area contributed by atoms with Crippen LogP contribution in [0.3, 0.4) is 0 Å². The molecule has 152 valence electrons. The third-order valence-electron chi connectivity index (χ3n) is 4.91. The summed E-state index contributed by atoms with van der Waals surface area (Å²) in [6, 6.07) is 26.1. The summed E-state index contributed by atoms with van der Waals surface area (Å²) in [5.74, 6) is 0.420. The lowest BCUT2D eigenvalue weighted by Gasteiger charge is -2.23. The van der Waals surface area contributed by atoms with Crippen LogP contribution in [0.2, 0.25) is 0 Å². The van der Waals surface area contributed by atoms with Crippen LogP contribution in [0.1, 0.15) is 16.7 Å². The molecule has 0 saturated heterocycles. The molecule has 0 radical (unpaired) electrons. The van der Waals surface area contributed by atoms with E-state index in [-0.39, 0.29) is 11.4 Å². The highest BCUT2D eigenvalue weighted by molar-refractivity contribution is 7.92. The standard InChI is InChI=1S/C24H23N3O2S/c1-19-13-15-23(16-14-19)30(28,29)27(18-21-9-5-3-6-10-21)24-20(2)17-26(25-24)22-11-7-4-8-12-22/h3-17H,18H2,1-2H3. The van der Waals surface area contributed by atoms with E-state index in [4.69, 9.17) is 0 Å². The van der Waals surface area contributed by atoms with Crippen LogP contribution < -0.4 is 4.31 Å². The maximum atomic E-state index is 13.6. The molecule has 30 heavy (non-hydrogen) atoms. The van der Waals surface area contributed by atoms with Gasteiger partial charge in [-0.15, -0.1) is 5.10 Å². The molecule has 6 heteroatoms. The molecular weight excluding hydrogens is 394 g/mol. The minimum Gasteiger partial charge on any atom is -0.244 e. The largest absolute Gasteiger partial charge is 0.265 e. The molecule has 0 aliphatic rings. The highest BCUT2D eigenvalue weighted by Crippen LogP contribution is 2.28. The molecule has 3 aromatic carbocycles. The second-order valence-corrected chi connectivity index (χ2v) is 9.09. The molecule has 0 N–H and O–H groups in total. The predicted octanol–water partition coefficient (Wildman–Crippen LogP) is 4.88. The summed E-state index contributed by atoms with van der Waals surface area (Å²) in [6.07, 6.45) is 1.85. The first-order chi connectivity index (χ1) is 14.4. The van der Waals surface area contributed by atoms with Gasteiger partial charge in [0.1, 0.15) is 0 Å². The Labute approximate surface area is 177 Å². The van der Waals surface area contributed by atoms with Gasteiger partial charge in [0.2, 0.25) is 0 Å². The van der Waals surface area contributed by atoms with Crippen molar-refractivity contribution in [2.45, 2.75) is 25.3 Å². The van der Waals surface area contributed by atoms with E-state index >= 15 is 0 Å². The van der Waals surface area contributed by atoms with Gasteiger partial charge in [-0.05, 0) is 43.7 Å². The van der Waals surface area contributed by atoms with Gasteiger partial charge in [0.25, 0.3) is 10.0 Å². The van der Waals surface area contributed by atoms with E-state index in [2.05, 4.69) is 5.10 Å². The molecule has 5 nitrogen and oxygen atoms in total. The Kier molecular flexibility index (Phi) is 5.42. The highest BCUT2D eigenvalue weighted by atomic mass is 32.2. The molecule has 0 atom stereocenters. The van der Waals surface area contributed by atoms with Crippen LogP contribution >= 0.6 is 0 Å². The molecule has 4 rings (SSSR count). The summed E-state index contributed by atoms with van der Waals surface area (Å²) in [5, 5.41) is 4.65. The van der Waals surface area contributed by atoms with Crippen LogP contribution in [0.5, 0.6) is 0 Å². The van der Waals surface area contributed by atoms with Gasteiger partial charge in [-0.2, -0.15) is 0 Å². The summed E-state index contributed by atoms with van der Waals surface area (Å²) in [4.78, 5) is 0.248. The molecule has 0 bridgehead atoms. The Balaban J connectivity index is 1.82. The number of anilines is 1. The van der Waals surface area contributed by atoms with Crippen molar-refractivity contribution in [1.82, 2.24) is 9.78 Å². The third-order valence-corrected chi connectivity index (χ3v) is 6.66. The van der Waals surface area contributed by atoms with E-state index < -0.39 is 10.0 Å².